The molecule has 0 saturated heterocycles. The minimum atomic E-state index is -5.11. The molecule has 1 aliphatic carbocycles. The van der Waals surface area contributed by atoms with Crippen molar-refractivity contribution in [3.05, 3.63) is 0 Å². The van der Waals surface area contributed by atoms with Gasteiger partial charge < -0.3 is 39.9 Å². The second-order valence-electron chi connectivity index (χ2n) is 19.1. The number of ether oxygens (including phenoxy) is 2. The maximum atomic E-state index is 12.9. The summed E-state index contributed by atoms with van der Waals surface area (Å²) in [6.07, 6.45) is 31.5. The van der Waals surface area contributed by atoms with Gasteiger partial charge in [0.2, 0.25) is 0 Å². The number of unbranched alkanes of at least 4 members (excludes halogenated alkanes) is 34. The molecule has 1 rings (SSSR count). The van der Waals surface area contributed by atoms with E-state index in [0.29, 0.717) is 12.8 Å². The van der Waals surface area contributed by atoms with Crippen LogP contribution in [0.2, 0.25) is 0 Å². The van der Waals surface area contributed by atoms with Gasteiger partial charge in [-0.2, -0.15) is 0 Å². The first-order valence-corrected chi connectivity index (χ1v) is 28.3. The molecule has 0 aromatic rings. The SMILES string of the molecule is CCCCCCCCCCCCCCCCCCCCCCCC(=O)O[C@H](COC(=O)CCCCCCCCCCCCCCCCC)COP(=O)(O)OC1C(O)C(O)C(O)[C@@H](O)C1O. The molecule has 13 nitrogen and oxygen atoms in total. The van der Waals surface area contributed by atoms with E-state index in [4.69, 9.17) is 18.5 Å². The minimum Gasteiger partial charge on any atom is -0.462 e. The number of phosphoric acid groups is 1. The fourth-order valence-electron chi connectivity index (χ4n) is 8.64. The Hall–Kier alpha value is -1.15. The Morgan fingerprint density at radius 2 is 0.692 bits per heavy atom. The van der Waals surface area contributed by atoms with E-state index in [1.54, 1.807) is 0 Å². The Balaban J connectivity index is 2.35. The van der Waals surface area contributed by atoms with Crippen molar-refractivity contribution in [1.82, 2.24) is 0 Å². The van der Waals surface area contributed by atoms with Crippen molar-refractivity contribution in [2.75, 3.05) is 13.2 Å². The van der Waals surface area contributed by atoms with E-state index >= 15 is 0 Å². The number of rotatable bonds is 46. The fourth-order valence-corrected chi connectivity index (χ4v) is 9.62. The second kappa shape index (κ2) is 41.8. The maximum Gasteiger partial charge on any atom is 0.472 e. The first kappa shape index (κ1) is 61.9. The smallest absolute Gasteiger partial charge is 0.462 e. The van der Waals surface area contributed by atoms with Gasteiger partial charge in [0.25, 0.3) is 0 Å². The molecule has 0 aromatic carbocycles. The number of hydrogen-bond donors (Lipinski definition) is 6. The van der Waals surface area contributed by atoms with Gasteiger partial charge in [0.05, 0.1) is 6.61 Å². The van der Waals surface area contributed by atoms with Crippen LogP contribution >= 0.6 is 7.82 Å². The van der Waals surface area contributed by atoms with Crippen LogP contribution in [0.3, 0.4) is 0 Å². The lowest BCUT2D eigenvalue weighted by Crippen LogP contribution is -2.64. The predicted molar refractivity (Wildman–Crippen MR) is 258 cm³/mol. The van der Waals surface area contributed by atoms with E-state index in [2.05, 4.69) is 13.8 Å². The van der Waals surface area contributed by atoms with Gasteiger partial charge in [-0.05, 0) is 12.8 Å². The highest BCUT2D eigenvalue weighted by molar-refractivity contribution is 7.47. The Kier molecular flexibility index (Phi) is 39.8. The molecule has 1 fully saturated rings. The van der Waals surface area contributed by atoms with Crippen molar-refractivity contribution in [3.63, 3.8) is 0 Å². The lowest BCUT2D eigenvalue weighted by atomic mass is 9.85. The van der Waals surface area contributed by atoms with Gasteiger partial charge in [-0.15, -0.1) is 0 Å². The number of carbonyl (C=O) groups excluding carboxylic acids is 2. The number of aliphatic hydroxyl groups is 5. The van der Waals surface area contributed by atoms with E-state index in [-0.39, 0.29) is 12.8 Å². The molecule has 0 amide bonds. The molecule has 0 spiro atoms. The van der Waals surface area contributed by atoms with Crippen LogP contribution in [0.15, 0.2) is 0 Å². The summed E-state index contributed by atoms with van der Waals surface area (Å²) in [5, 5.41) is 50.3. The van der Waals surface area contributed by atoms with Crippen molar-refractivity contribution >= 4 is 19.8 Å². The summed E-state index contributed by atoms with van der Waals surface area (Å²) < 4.78 is 33.7. The summed E-state index contributed by atoms with van der Waals surface area (Å²) in [6, 6.07) is 0. The number of phosphoric ester groups is 1. The molecule has 386 valence electrons. The summed E-state index contributed by atoms with van der Waals surface area (Å²) in [5.41, 5.74) is 0. The quantitative estimate of drug-likeness (QED) is 0.0191. The third-order valence-electron chi connectivity index (χ3n) is 12.9. The average Bonchev–Trinajstić information content (AvgIpc) is 3.29. The average molecular weight is 951 g/mol. The number of aliphatic hydroxyl groups excluding tert-OH is 5. The fraction of sp³-hybridized carbons (Fsp3) is 0.961. The van der Waals surface area contributed by atoms with Crippen LogP contribution in [0, 0.1) is 0 Å². The van der Waals surface area contributed by atoms with Gasteiger partial charge in [-0.25, -0.2) is 4.57 Å². The highest BCUT2D eigenvalue weighted by Crippen LogP contribution is 2.47. The Labute approximate surface area is 395 Å². The van der Waals surface area contributed by atoms with Crippen LogP contribution in [-0.2, 0) is 32.7 Å². The molecule has 65 heavy (non-hydrogen) atoms. The number of esters is 2. The molecular formula is C51H99O13P. The molecule has 0 aliphatic heterocycles. The van der Waals surface area contributed by atoms with E-state index in [9.17, 15) is 44.6 Å². The number of hydrogen-bond acceptors (Lipinski definition) is 12. The third-order valence-corrected chi connectivity index (χ3v) is 13.9. The van der Waals surface area contributed by atoms with Crippen LogP contribution in [0.1, 0.15) is 258 Å². The van der Waals surface area contributed by atoms with Gasteiger partial charge >= 0.3 is 19.8 Å². The third kappa shape index (κ3) is 33.9. The van der Waals surface area contributed by atoms with Crippen LogP contribution < -0.4 is 0 Å². The first-order chi connectivity index (χ1) is 31.4. The molecule has 1 aliphatic rings. The summed E-state index contributed by atoms with van der Waals surface area (Å²) in [4.78, 5) is 35.8. The van der Waals surface area contributed by atoms with E-state index in [1.807, 2.05) is 0 Å². The Bertz CT molecular complexity index is 1150. The molecule has 1 saturated carbocycles. The van der Waals surface area contributed by atoms with Gasteiger partial charge in [-0.3, -0.25) is 18.6 Å². The molecule has 14 heteroatoms. The summed E-state index contributed by atoms with van der Waals surface area (Å²) in [6.45, 7) is 3.36. The van der Waals surface area contributed by atoms with Crippen LogP contribution in [-0.4, -0.2) is 98.3 Å². The molecule has 0 heterocycles. The molecular weight excluding hydrogens is 852 g/mol. The van der Waals surface area contributed by atoms with Gasteiger partial charge in [-0.1, -0.05) is 232 Å². The van der Waals surface area contributed by atoms with Crippen LogP contribution in [0.25, 0.3) is 0 Å². The van der Waals surface area contributed by atoms with E-state index in [1.165, 1.54) is 180 Å². The van der Waals surface area contributed by atoms with E-state index in [0.717, 1.165) is 38.5 Å². The highest BCUT2D eigenvalue weighted by Gasteiger charge is 2.51. The largest absolute Gasteiger partial charge is 0.472 e. The van der Waals surface area contributed by atoms with Crippen molar-refractivity contribution in [1.29, 1.82) is 0 Å². The van der Waals surface area contributed by atoms with Crippen LogP contribution in [0.4, 0.5) is 0 Å². The zero-order chi connectivity index (χ0) is 47.8. The van der Waals surface area contributed by atoms with Crippen molar-refractivity contribution in [2.24, 2.45) is 0 Å². The zero-order valence-electron chi connectivity index (χ0n) is 41.3. The highest BCUT2D eigenvalue weighted by atomic mass is 31.2. The summed E-state index contributed by atoms with van der Waals surface area (Å²) in [5.74, 6) is -1.08. The predicted octanol–water partition coefficient (Wildman–Crippen LogP) is 11.6. The molecule has 6 N–H and O–H groups in total. The normalized spacial score (nSPS) is 21.3. The first-order valence-electron chi connectivity index (χ1n) is 26.8. The monoisotopic (exact) mass is 951 g/mol. The maximum absolute atomic E-state index is 12.9. The molecule has 0 aromatic heterocycles. The minimum absolute atomic E-state index is 0.106. The Morgan fingerprint density at radius 1 is 0.415 bits per heavy atom. The van der Waals surface area contributed by atoms with E-state index < -0.39 is 75.7 Å². The second-order valence-corrected chi connectivity index (χ2v) is 20.5. The lowest BCUT2D eigenvalue weighted by Gasteiger charge is -2.41. The summed E-state index contributed by atoms with van der Waals surface area (Å²) >= 11 is 0. The van der Waals surface area contributed by atoms with Crippen molar-refractivity contribution in [2.45, 2.75) is 301 Å². The zero-order valence-corrected chi connectivity index (χ0v) is 42.2. The molecule has 6 unspecified atom stereocenters. The molecule has 8 atom stereocenters. The Morgan fingerprint density at radius 3 is 1.02 bits per heavy atom. The van der Waals surface area contributed by atoms with Crippen LogP contribution in [0.5, 0.6) is 0 Å². The van der Waals surface area contributed by atoms with Crippen molar-refractivity contribution < 1.29 is 63.1 Å². The molecule has 0 radical (unpaired) electrons. The van der Waals surface area contributed by atoms with Gasteiger partial charge in [0.1, 0.15) is 43.2 Å². The van der Waals surface area contributed by atoms with Crippen molar-refractivity contribution in [3.8, 4) is 0 Å². The van der Waals surface area contributed by atoms with Gasteiger partial charge in [0.15, 0.2) is 6.10 Å². The topological polar surface area (TPSA) is 210 Å². The number of carbonyl (C=O) groups is 2. The molecule has 0 bridgehead atoms. The van der Waals surface area contributed by atoms with Gasteiger partial charge in [0, 0.05) is 12.8 Å². The summed E-state index contributed by atoms with van der Waals surface area (Å²) in [7, 11) is -5.11. The lowest BCUT2D eigenvalue weighted by molar-refractivity contribution is -0.220. The standard InChI is InChI=1S/C51H99O13P/c1-3-5-7-9-11-13-15-17-19-20-21-22-23-24-26-28-30-32-34-36-38-40-45(53)63-43(42-62-65(59,60)64-51-49(57)47(55)46(54)48(56)50(51)58)41-61-44(52)39-37-35-33-31-29-27-25-18-16-14-12-10-8-6-4-2/h43,46-51,54-58H,3-42H2,1-2H3,(H,59,60)/t43-,46?,47-,48?,49?,50?,51?/m1/s1.